The van der Waals surface area contributed by atoms with Crippen molar-refractivity contribution in [1.82, 2.24) is 4.90 Å². The minimum Gasteiger partial charge on any atom is -0.444 e. The first-order valence-electron chi connectivity index (χ1n) is 8.92. The minimum atomic E-state index is -0.521. The van der Waals surface area contributed by atoms with Gasteiger partial charge in [0.25, 0.3) is 5.69 Å². The molecule has 1 amide bonds. The third-order valence-corrected chi connectivity index (χ3v) is 4.89. The van der Waals surface area contributed by atoms with E-state index in [1.807, 2.05) is 31.7 Å². The van der Waals surface area contributed by atoms with Gasteiger partial charge in [-0.2, -0.15) is 0 Å². The minimum absolute atomic E-state index is 0.0620. The number of hydrogen-bond donors (Lipinski definition) is 1. The molecule has 0 aliphatic carbocycles. The summed E-state index contributed by atoms with van der Waals surface area (Å²) in [5.74, 6) is 0. The number of carbonyl (C=O) groups is 1. The number of carbonyl (C=O) groups excluding carboxylic acids is 1. The van der Waals surface area contributed by atoms with Crippen molar-refractivity contribution in [3.8, 4) is 0 Å². The molecule has 2 atom stereocenters. The number of amides is 1. The maximum atomic E-state index is 12.6. The van der Waals surface area contributed by atoms with Crippen molar-refractivity contribution in [2.24, 2.45) is 0 Å². The highest BCUT2D eigenvalue weighted by Crippen LogP contribution is 2.39. The third-order valence-electron chi connectivity index (χ3n) is 4.89. The topological polar surface area (TPSA) is 88.0 Å². The first-order chi connectivity index (χ1) is 12.2. The first-order valence-corrected chi connectivity index (χ1v) is 8.92. The van der Waals surface area contributed by atoms with Gasteiger partial charge in [-0.05, 0) is 39.7 Å². The van der Waals surface area contributed by atoms with E-state index in [1.165, 1.54) is 6.07 Å². The number of hydrogen-bond acceptors (Lipinski definition) is 6. The molecule has 0 radical (unpaired) electrons. The highest BCUT2D eigenvalue weighted by molar-refractivity contribution is 5.80. The Hall–Kier alpha value is -2.51. The molecule has 3 rings (SSSR count). The van der Waals surface area contributed by atoms with Crippen LogP contribution in [0.5, 0.6) is 0 Å². The van der Waals surface area contributed by atoms with Crippen molar-refractivity contribution in [1.29, 1.82) is 0 Å². The number of anilines is 2. The highest BCUT2D eigenvalue weighted by atomic mass is 16.6. The van der Waals surface area contributed by atoms with Crippen molar-refractivity contribution < 1.29 is 14.5 Å². The maximum Gasteiger partial charge on any atom is 0.410 e. The summed E-state index contributed by atoms with van der Waals surface area (Å²) in [6, 6.07) is 5.22. The van der Waals surface area contributed by atoms with Crippen LogP contribution in [0.2, 0.25) is 0 Å². The summed E-state index contributed by atoms with van der Waals surface area (Å²) in [7, 11) is 1.69. The molecule has 1 aromatic rings. The van der Waals surface area contributed by atoms with Crippen molar-refractivity contribution >= 4 is 23.2 Å². The monoisotopic (exact) mass is 362 g/mol. The Morgan fingerprint density at radius 2 is 1.88 bits per heavy atom. The molecule has 2 fully saturated rings. The van der Waals surface area contributed by atoms with Crippen LogP contribution < -0.4 is 10.2 Å². The van der Waals surface area contributed by atoms with Crippen molar-refractivity contribution in [2.45, 2.75) is 51.3 Å². The predicted molar refractivity (Wildman–Crippen MR) is 99.7 cm³/mol. The van der Waals surface area contributed by atoms with E-state index in [4.69, 9.17) is 4.74 Å². The first kappa shape index (κ1) is 18.3. The lowest BCUT2D eigenvalue weighted by molar-refractivity contribution is -0.383. The van der Waals surface area contributed by atoms with E-state index in [-0.39, 0.29) is 28.8 Å². The summed E-state index contributed by atoms with van der Waals surface area (Å²) in [4.78, 5) is 27.5. The van der Waals surface area contributed by atoms with Gasteiger partial charge in [0.2, 0.25) is 0 Å². The SMILES string of the molecule is CNc1c(N2CC3CCC(C2)N3C(=O)OC(C)(C)C)cccc1[N+](=O)[O-]. The highest BCUT2D eigenvalue weighted by Gasteiger charge is 2.44. The number of rotatable bonds is 3. The average Bonchev–Trinajstić information content (AvgIpc) is 2.82. The van der Waals surface area contributed by atoms with E-state index in [1.54, 1.807) is 13.1 Å². The van der Waals surface area contributed by atoms with Crippen molar-refractivity contribution in [3.63, 3.8) is 0 Å². The zero-order valence-corrected chi connectivity index (χ0v) is 15.7. The van der Waals surface area contributed by atoms with Crippen LogP contribution in [0.1, 0.15) is 33.6 Å². The molecule has 0 spiro atoms. The van der Waals surface area contributed by atoms with Gasteiger partial charge in [0.1, 0.15) is 11.3 Å². The van der Waals surface area contributed by atoms with Gasteiger partial charge in [0.05, 0.1) is 22.7 Å². The molecule has 8 nitrogen and oxygen atoms in total. The van der Waals surface area contributed by atoms with E-state index in [9.17, 15) is 14.9 Å². The zero-order valence-electron chi connectivity index (χ0n) is 15.7. The van der Waals surface area contributed by atoms with Gasteiger partial charge in [-0.25, -0.2) is 4.79 Å². The Balaban J connectivity index is 1.83. The Kier molecular flexibility index (Phi) is 4.68. The summed E-state index contributed by atoms with van der Waals surface area (Å²) in [5, 5.41) is 14.3. The van der Waals surface area contributed by atoms with Gasteiger partial charge in [-0.3, -0.25) is 15.0 Å². The molecule has 2 saturated heterocycles. The Morgan fingerprint density at radius 1 is 1.27 bits per heavy atom. The van der Waals surface area contributed by atoms with Crippen LogP contribution in [0.4, 0.5) is 21.9 Å². The van der Waals surface area contributed by atoms with Gasteiger partial charge in [0, 0.05) is 26.2 Å². The summed E-state index contributed by atoms with van der Waals surface area (Å²) in [6.07, 6.45) is 1.58. The number of nitro benzene ring substituents is 1. The van der Waals surface area contributed by atoms with Crippen LogP contribution >= 0.6 is 0 Å². The number of benzene rings is 1. The van der Waals surface area contributed by atoms with E-state index in [0.717, 1.165) is 18.5 Å². The Labute approximate surface area is 153 Å². The fourth-order valence-electron chi connectivity index (χ4n) is 3.91. The largest absolute Gasteiger partial charge is 0.444 e. The lowest BCUT2D eigenvalue weighted by atomic mass is 10.1. The second kappa shape index (κ2) is 6.66. The van der Waals surface area contributed by atoms with Crippen molar-refractivity contribution in [2.75, 3.05) is 30.4 Å². The smallest absolute Gasteiger partial charge is 0.410 e. The zero-order chi connectivity index (χ0) is 19.1. The normalized spacial score (nSPS) is 22.3. The molecule has 2 bridgehead atoms. The van der Waals surface area contributed by atoms with Crippen molar-refractivity contribution in [3.05, 3.63) is 28.3 Å². The molecule has 2 aliphatic rings. The van der Waals surface area contributed by atoms with Crippen LogP contribution in [0.15, 0.2) is 18.2 Å². The van der Waals surface area contributed by atoms with Crippen LogP contribution in [-0.4, -0.2) is 53.7 Å². The third kappa shape index (κ3) is 3.40. The standard InChI is InChI=1S/C18H26N4O4/c1-18(2,3)26-17(23)21-12-8-9-13(21)11-20(10-12)14-6-5-7-15(22(24)25)16(14)19-4/h5-7,12-13,19H,8-11H2,1-4H3. The van der Waals surface area contributed by atoms with E-state index < -0.39 is 5.60 Å². The van der Waals surface area contributed by atoms with Gasteiger partial charge < -0.3 is 15.0 Å². The predicted octanol–water partition coefficient (Wildman–Crippen LogP) is 3.22. The lowest BCUT2D eigenvalue weighted by Gasteiger charge is -2.42. The molecule has 2 heterocycles. The van der Waals surface area contributed by atoms with Crippen LogP contribution in [0, 0.1) is 10.1 Å². The molecule has 2 unspecified atom stereocenters. The number of nitrogens with zero attached hydrogens (tertiary/aromatic N) is 3. The number of nitro groups is 1. The van der Waals surface area contributed by atoms with Gasteiger partial charge >= 0.3 is 6.09 Å². The lowest BCUT2D eigenvalue weighted by Crippen LogP contribution is -2.56. The average molecular weight is 362 g/mol. The van der Waals surface area contributed by atoms with Crippen LogP contribution in [0.3, 0.4) is 0 Å². The second-order valence-electron chi connectivity index (χ2n) is 7.86. The molecule has 1 N–H and O–H groups in total. The molecule has 142 valence electrons. The van der Waals surface area contributed by atoms with Gasteiger partial charge in [-0.1, -0.05) is 6.07 Å². The quantitative estimate of drug-likeness (QED) is 0.656. The summed E-state index contributed by atoms with van der Waals surface area (Å²) >= 11 is 0. The van der Waals surface area contributed by atoms with E-state index in [0.29, 0.717) is 18.8 Å². The number of nitrogens with one attached hydrogen (secondary N) is 1. The molecule has 1 aromatic carbocycles. The maximum absolute atomic E-state index is 12.6. The summed E-state index contributed by atoms with van der Waals surface area (Å²) in [5.41, 5.74) is 0.865. The Morgan fingerprint density at radius 3 is 2.38 bits per heavy atom. The molecule has 0 saturated carbocycles. The number of fused-ring (bicyclic) bond motifs is 2. The van der Waals surface area contributed by atoms with E-state index in [2.05, 4.69) is 10.2 Å². The molecule has 8 heteroatoms. The molecular weight excluding hydrogens is 336 g/mol. The fourth-order valence-corrected chi connectivity index (χ4v) is 3.91. The van der Waals surface area contributed by atoms with Gasteiger partial charge in [-0.15, -0.1) is 0 Å². The number of ether oxygens (including phenoxy) is 1. The van der Waals surface area contributed by atoms with E-state index >= 15 is 0 Å². The second-order valence-corrected chi connectivity index (χ2v) is 7.86. The fraction of sp³-hybridized carbons (Fsp3) is 0.611. The molecule has 26 heavy (non-hydrogen) atoms. The summed E-state index contributed by atoms with van der Waals surface area (Å²) in [6.45, 7) is 6.89. The number of para-hydroxylation sites is 1. The van der Waals surface area contributed by atoms with Gasteiger partial charge in [0.15, 0.2) is 0 Å². The number of piperazine rings is 1. The van der Waals surface area contributed by atoms with Crippen LogP contribution in [0.25, 0.3) is 0 Å². The summed E-state index contributed by atoms with van der Waals surface area (Å²) < 4.78 is 5.56. The molecule has 0 aromatic heterocycles. The molecule has 2 aliphatic heterocycles. The Bertz CT molecular complexity index is 702. The molecular formula is C18H26N4O4. The van der Waals surface area contributed by atoms with Crippen LogP contribution in [-0.2, 0) is 4.74 Å².